The normalized spacial score (nSPS) is 10.6. The van der Waals surface area contributed by atoms with Gasteiger partial charge in [0.05, 0.1) is 26.2 Å². The smallest absolute Gasteiger partial charge is 0.340 e. The van der Waals surface area contributed by atoms with E-state index in [-0.39, 0.29) is 35.8 Å². The summed E-state index contributed by atoms with van der Waals surface area (Å²) in [4.78, 5) is 36.1. The van der Waals surface area contributed by atoms with Crippen LogP contribution in [0, 0.1) is 6.92 Å². The lowest BCUT2D eigenvalue weighted by atomic mass is 10.0. The number of carbonyl (C=O) groups excluding carboxylic acids is 2. The first-order chi connectivity index (χ1) is 14.8. The van der Waals surface area contributed by atoms with E-state index in [0.29, 0.717) is 22.4 Å². The quantitative estimate of drug-likeness (QED) is 0.353. The zero-order valence-corrected chi connectivity index (χ0v) is 17.7. The third kappa shape index (κ3) is 5.03. The fraction of sp³-hybridized carbons (Fsp3) is 0.261. The number of hydrogen-bond acceptors (Lipinski definition) is 7. The number of benzene rings is 2. The molecule has 3 rings (SSSR count). The minimum Gasteiger partial charge on any atom is -0.493 e. The summed E-state index contributed by atoms with van der Waals surface area (Å²) in [7, 11) is 3.09. The van der Waals surface area contributed by atoms with Crippen LogP contribution >= 0.6 is 0 Å². The fourth-order valence-corrected chi connectivity index (χ4v) is 3.22. The maximum Gasteiger partial charge on any atom is 0.340 e. The van der Waals surface area contributed by atoms with Gasteiger partial charge in [-0.3, -0.25) is 9.59 Å². The molecule has 0 fully saturated rings. The molecule has 0 aliphatic heterocycles. The van der Waals surface area contributed by atoms with Crippen LogP contribution in [0.5, 0.6) is 17.2 Å². The minimum atomic E-state index is -0.605. The molecule has 0 spiro atoms. The Morgan fingerprint density at radius 3 is 2.45 bits per heavy atom. The zero-order valence-electron chi connectivity index (χ0n) is 17.7. The van der Waals surface area contributed by atoms with Gasteiger partial charge in [0.15, 0.2) is 11.5 Å². The molecule has 8 heteroatoms. The largest absolute Gasteiger partial charge is 0.493 e. The number of methoxy groups -OCH3 is 2. The number of aryl methyl sites for hydroxylation is 1. The summed E-state index contributed by atoms with van der Waals surface area (Å²) in [5, 5.41) is 3.46. The Morgan fingerprint density at radius 1 is 1.03 bits per heavy atom. The Bertz CT molecular complexity index is 1200. The number of ether oxygens (including phenoxy) is 3. The van der Waals surface area contributed by atoms with Crippen molar-refractivity contribution in [1.82, 2.24) is 5.32 Å². The average Bonchev–Trinajstić information content (AvgIpc) is 2.74. The van der Waals surface area contributed by atoms with Crippen LogP contribution in [0.4, 0.5) is 0 Å². The molecule has 3 aromatic rings. The molecular formula is C23H23NO7. The summed E-state index contributed by atoms with van der Waals surface area (Å²) in [5.74, 6) is 0.650. The van der Waals surface area contributed by atoms with E-state index in [9.17, 15) is 14.4 Å². The summed E-state index contributed by atoms with van der Waals surface area (Å²) >= 11 is 0. The molecule has 31 heavy (non-hydrogen) atoms. The van der Waals surface area contributed by atoms with Crippen molar-refractivity contribution in [3.05, 3.63) is 63.5 Å². The van der Waals surface area contributed by atoms with E-state index in [4.69, 9.17) is 18.6 Å². The molecule has 0 saturated heterocycles. The summed E-state index contributed by atoms with van der Waals surface area (Å²) in [5.41, 5.74) is 1.42. The van der Waals surface area contributed by atoms with Crippen molar-refractivity contribution in [2.24, 2.45) is 0 Å². The molecule has 1 amide bonds. The maximum atomic E-state index is 12.5. The van der Waals surface area contributed by atoms with Crippen LogP contribution in [0.1, 0.15) is 23.6 Å². The predicted octanol–water partition coefficient (Wildman–Crippen LogP) is 2.90. The molecule has 0 aliphatic carbocycles. The van der Waals surface area contributed by atoms with Crippen molar-refractivity contribution in [1.29, 1.82) is 0 Å². The third-order valence-electron chi connectivity index (χ3n) is 4.80. The lowest BCUT2D eigenvalue weighted by Gasteiger charge is -2.11. The van der Waals surface area contributed by atoms with E-state index >= 15 is 0 Å². The molecule has 1 N–H and O–H groups in total. The first-order valence-electron chi connectivity index (χ1n) is 9.54. The van der Waals surface area contributed by atoms with Gasteiger partial charge in [0.25, 0.3) is 0 Å². The zero-order chi connectivity index (χ0) is 22.5. The molecule has 1 heterocycles. The molecule has 0 radical (unpaired) electrons. The van der Waals surface area contributed by atoms with Gasteiger partial charge in [0.1, 0.15) is 11.3 Å². The highest BCUT2D eigenvalue weighted by Gasteiger charge is 2.16. The SMILES string of the molecule is COc1ccc(CNC(=O)Cc2c(C)c3ccc(OC(C)=O)cc3oc2=O)cc1OC. The average molecular weight is 425 g/mol. The van der Waals surface area contributed by atoms with Crippen molar-refractivity contribution in [2.45, 2.75) is 26.8 Å². The number of amides is 1. The van der Waals surface area contributed by atoms with E-state index < -0.39 is 11.6 Å². The Balaban J connectivity index is 1.76. The number of rotatable bonds is 7. The van der Waals surface area contributed by atoms with Gasteiger partial charge in [-0.05, 0) is 42.3 Å². The van der Waals surface area contributed by atoms with Crippen molar-refractivity contribution >= 4 is 22.8 Å². The maximum absolute atomic E-state index is 12.5. The highest BCUT2D eigenvalue weighted by atomic mass is 16.5. The Morgan fingerprint density at radius 2 is 1.77 bits per heavy atom. The molecule has 0 atom stereocenters. The summed E-state index contributed by atoms with van der Waals surface area (Å²) in [6.45, 7) is 3.31. The van der Waals surface area contributed by atoms with Gasteiger partial charge in [0.2, 0.25) is 5.91 Å². The predicted molar refractivity (Wildman–Crippen MR) is 114 cm³/mol. The fourth-order valence-electron chi connectivity index (χ4n) is 3.22. The summed E-state index contributed by atoms with van der Waals surface area (Å²) in [6.07, 6.45) is -0.122. The van der Waals surface area contributed by atoms with Crippen LogP contribution in [-0.2, 0) is 22.6 Å². The number of carbonyl (C=O) groups is 2. The number of esters is 1. The molecule has 0 bridgehead atoms. The Hall–Kier alpha value is -3.81. The van der Waals surface area contributed by atoms with Crippen molar-refractivity contribution in [3.8, 4) is 17.2 Å². The van der Waals surface area contributed by atoms with Crippen LogP contribution < -0.4 is 25.2 Å². The summed E-state index contributed by atoms with van der Waals surface area (Å²) in [6, 6.07) is 10.1. The molecule has 1 aromatic heterocycles. The Labute approximate surface area is 178 Å². The van der Waals surface area contributed by atoms with E-state index in [2.05, 4.69) is 5.32 Å². The molecule has 0 aliphatic rings. The monoisotopic (exact) mass is 425 g/mol. The molecule has 0 unspecified atom stereocenters. The van der Waals surface area contributed by atoms with Gasteiger partial charge >= 0.3 is 11.6 Å². The van der Waals surface area contributed by atoms with Crippen molar-refractivity contribution in [2.75, 3.05) is 14.2 Å². The molecule has 162 valence electrons. The third-order valence-corrected chi connectivity index (χ3v) is 4.80. The van der Waals surface area contributed by atoms with Crippen LogP contribution in [0.25, 0.3) is 11.0 Å². The number of fused-ring (bicyclic) bond motifs is 1. The first-order valence-corrected chi connectivity index (χ1v) is 9.54. The van der Waals surface area contributed by atoms with E-state index in [1.807, 2.05) is 6.07 Å². The van der Waals surface area contributed by atoms with Gasteiger partial charge in [0, 0.05) is 24.9 Å². The second-order valence-electron chi connectivity index (χ2n) is 6.89. The van der Waals surface area contributed by atoms with Crippen molar-refractivity contribution < 1.29 is 28.2 Å². The number of nitrogens with one attached hydrogen (secondary N) is 1. The topological polar surface area (TPSA) is 104 Å². The van der Waals surface area contributed by atoms with Crippen LogP contribution in [0.2, 0.25) is 0 Å². The van der Waals surface area contributed by atoms with Crippen LogP contribution in [0.15, 0.2) is 45.6 Å². The van der Waals surface area contributed by atoms with Gasteiger partial charge in [-0.15, -0.1) is 0 Å². The van der Waals surface area contributed by atoms with Crippen LogP contribution in [-0.4, -0.2) is 26.1 Å². The standard InChI is InChI=1S/C23H23NO7/c1-13-17-7-6-16(30-14(2)25)10-20(17)31-23(27)18(13)11-22(26)24-12-15-5-8-19(28-3)21(9-15)29-4/h5-10H,11-12H2,1-4H3,(H,24,26). The highest BCUT2D eigenvalue weighted by Crippen LogP contribution is 2.27. The second kappa shape index (κ2) is 9.34. The molecular weight excluding hydrogens is 402 g/mol. The van der Waals surface area contributed by atoms with E-state index in [1.54, 1.807) is 38.3 Å². The van der Waals surface area contributed by atoms with Gasteiger partial charge in [-0.25, -0.2) is 4.79 Å². The highest BCUT2D eigenvalue weighted by molar-refractivity contribution is 5.85. The first kappa shape index (κ1) is 21.9. The lowest BCUT2D eigenvalue weighted by molar-refractivity contribution is -0.131. The van der Waals surface area contributed by atoms with E-state index in [1.165, 1.54) is 20.1 Å². The van der Waals surface area contributed by atoms with Gasteiger partial charge in [-0.1, -0.05) is 6.07 Å². The van der Waals surface area contributed by atoms with Gasteiger partial charge < -0.3 is 23.9 Å². The van der Waals surface area contributed by atoms with Crippen molar-refractivity contribution in [3.63, 3.8) is 0 Å². The Kier molecular flexibility index (Phi) is 6.59. The van der Waals surface area contributed by atoms with E-state index in [0.717, 1.165) is 5.56 Å². The minimum absolute atomic E-state index is 0.122. The lowest BCUT2D eigenvalue weighted by Crippen LogP contribution is -2.27. The summed E-state index contributed by atoms with van der Waals surface area (Å²) < 4.78 is 20.8. The molecule has 2 aromatic carbocycles. The second-order valence-corrected chi connectivity index (χ2v) is 6.89. The van der Waals surface area contributed by atoms with Gasteiger partial charge in [-0.2, -0.15) is 0 Å². The number of hydrogen-bond donors (Lipinski definition) is 1. The molecule has 0 saturated carbocycles. The van der Waals surface area contributed by atoms with Crippen LogP contribution in [0.3, 0.4) is 0 Å². The molecule has 8 nitrogen and oxygen atoms in total.